The molecule has 3 nitrogen and oxygen atoms in total. The minimum Gasteiger partial charge on any atom is -0.352 e. The second kappa shape index (κ2) is 5.92. The Balaban J connectivity index is 1.84. The highest BCUT2D eigenvalue weighted by molar-refractivity contribution is 8.00. The van der Waals surface area contributed by atoms with Gasteiger partial charge in [-0.2, -0.15) is 0 Å². The van der Waals surface area contributed by atoms with Crippen molar-refractivity contribution in [1.29, 1.82) is 0 Å². The lowest BCUT2D eigenvalue weighted by atomic mass is 9.84. The summed E-state index contributed by atoms with van der Waals surface area (Å²) >= 11 is 1.80. The Hall–Kier alpha value is -0.220. The first-order valence-electron chi connectivity index (χ1n) is 6.43. The molecule has 2 fully saturated rings. The third-order valence-electron chi connectivity index (χ3n) is 3.76. The molecule has 1 aliphatic carbocycles. The summed E-state index contributed by atoms with van der Waals surface area (Å²) in [7, 11) is 0. The Labute approximate surface area is 102 Å². The second-order valence-electron chi connectivity index (χ2n) is 4.90. The number of carbonyl (C=O) groups excluding carboxylic acids is 1. The Morgan fingerprint density at radius 3 is 2.75 bits per heavy atom. The van der Waals surface area contributed by atoms with Gasteiger partial charge in [-0.15, -0.1) is 11.8 Å². The van der Waals surface area contributed by atoms with E-state index >= 15 is 0 Å². The lowest BCUT2D eigenvalue weighted by Crippen LogP contribution is -2.47. The van der Waals surface area contributed by atoms with Gasteiger partial charge in [-0.05, 0) is 43.9 Å². The molecule has 0 aromatic carbocycles. The zero-order valence-corrected chi connectivity index (χ0v) is 10.6. The summed E-state index contributed by atoms with van der Waals surface area (Å²) in [5.41, 5.74) is 5.77. The predicted octanol–water partition coefficient (Wildman–Crippen LogP) is 1.52. The Kier molecular flexibility index (Phi) is 4.53. The standard InChI is InChI=1S/C12H22N2OS/c13-8-9-4-1-2-5-10(9)14-12(15)11-6-3-7-16-11/h9-11H,1-8,13H2,(H,14,15). The molecule has 2 rings (SSSR count). The van der Waals surface area contributed by atoms with Gasteiger partial charge in [0.2, 0.25) is 5.91 Å². The molecule has 1 heterocycles. The topological polar surface area (TPSA) is 55.1 Å². The van der Waals surface area contributed by atoms with Crippen molar-refractivity contribution >= 4 is 17.7 Å². The monoisotopic (exact) mass is 242 g/mol. The summed E-state index contributed by atoms with van der Waals surface area (Å²) in [4.78, 5) is 12.0. The van der Waals surface area contributed by atoms with Gasteiger partial charge in [-0.25, -0.2) is 0 Å². The number of nitrogens with two attached hydrogens (primary N) is 1. The van der Waals surface area contributed by atoms with Crippen LogP contribution in [0.3, 0.4) is 0 Å². The van der Waals surface area contributed by atoms with E-state index in [0.717, 1.165) is 18.6 Å². The fourth-order valence-corrected chi connectivity index (χ4v) is 3.91. The largest absolute Gasteiger partial charge is 0.352 e. The Morgan fingerprint density at radius 2 is 2.06 bits per heavy atom. The van der Waals surface area contributed by atoms with Crippen molar-refractivity contribution in [2.24, 2.45) is 11.7 Å². The van der Waals surface area contributed by atoms with Gasteiger partial charge in [-0.1, -0.05) is 12.8 Å². The highest BCUT2D eigenvalue weighted by Gasteiger charge is 2.29. The first-order chi connectivity index (χ1) is 7.81. The molecule has 2 aliphatic rings. The van der Waals surface area contributed by atoms with E-state index in [0.29, 0.717) is 18.5 Å². The summed E-state index contributed by atoms with van der Waals surface area (Å²) in [5.74, 6) is 1.90. The quantitative estimate of drug-likeness (QED) is 0.789. The molecule has 16 heavy (non-hydrogen) atoms. The SMILES string of the molecule is NCC1CCCCC1NC(=O)C1CCCS1. The van der Waals surface area contributed by atoms with Crippen molar-refractivity contribution in [1.82, 2.24) is 5.32 Å². The molecule has 1 saturated carbocycles. The van der Waals surface area contributed by atoms with Gasteiger partial charge in [0, 0.05) is 6.04 Å². The van der Waals surface area contributed by atoms with E-state index in [2.05, 4.69) is 5.32 Å². The van der Waals surface area contributed by atoms with Crippen molar-refractivity contribution in [2.45, 2.75) is 49.8 Å². The van der Waals surface area contributed by atoms with Crippen LogP contribution >= 0.6 is 11.8 Å². The van der Waals surface area contributed by atoms with Crippen LogP contribution in [0.15, 0.2) is 0 Å². The van der Waals surface area contributed by atoms with E-state index in [9.17, 15) is 4.79 Å². The maximum Gasteiger partial charge on any atom is 0.233 e. The van der Waals surface area contributed by atoms with Gasteiger partial charge < -0.3 is 11.1 Å². The van der Waals surface area contributed by atoms with Gasteiger partial charge in [0.05, 0.1) is 5.25 Å². The van der Waals surface area contributed by atoms with Crippen molar-refractivity contribution < 1.29 is 4.79 Å². The van der Waals surface area contributed by atoms with Crippen LogP contribution in [-0.2, 0) is 4.79 Å². The summed E-state index contributed by atoms with van der Waals surface area (Å²) in [5, 5.41) is 3.43. The number of amides is 1. The number of thioether (sulfide) groups is 1. The van der Waals surface area contributed by atoms with Crippen molar-refractivity contribution in [3.8, 4) is 0 Å². The fourth-order valence-electron chi connectivity index (χ4n) is 2.74. The van der Waals surface area contributed by atoms with Crippen LogP contribution in [0.4, 0.5) is 0 Å². The average Bonchev–Trinajstić information content (AvgIpc) is 2.83. The summed E-state index contributed by atoms with van der Waals surface area (Å²) < 4.78 is 0. The molecular formula is C12H22N2OS. The summed E-state index contributed by atoms with van der Waals surface area (Å²) in [6, 6.07) is 0.340. The third-order valence-corrected chi connectivity index (χ3v) is 5.14. The number of carbonyl (C=O) groups is 1. The van der Waals surface area contributed by atoms with Crippen LogP contribution in [-0.4, -0.2) is 29.5 Å². The zero-order valence-electron chi connectivity index (χ0n) is 9.78. The molecule has 1 aliphatic heterocycles. The lowest BCUT2D eigenvalue weighted by Gasteiger charge is -2.32. The van der Waals surface area contributed by atoms with Crippen LogP contribution in [0.5, 0.6) is 0 Å². The second-order valence-corrected chi connectivity index (χ2v) is 6.21. The Morgan fingerprint density at radius 1 is 1.25 bits per heavy atom. The smallest absolute Gasteiger partial charge is 0.233 e. The van der Waals surface area contributed by atoms with E-state index in [1.54, 1.807) is 11.8 Å². The summed E-state index contributed by atoms with van der Waals surface area (Å²) in [6.07, 6.45) is 7.04. The maximum atomic E-state index is 12.0. The third kappa shape index (κ3) is 2.92. The van der Waals surface area contributed by atoms with Gasteiger partial charge in [0.15, 0.2) is 0 Å². The number of nitrogens with one attached hydrogen (secondary N) is 1. The van der Waals surface area contributed by atoms with Gasteiger partial charge in [0.25, 0.3) is 0 Å². The minimum atomic E-state index is 0.209. The highest BCUT2D eigenvalue weighted by Crippen LogP contribution is 2.28. The van der Waals surface area contributed by atoms with E-state index in [-0.39, 0.29) is 11.2 Å². The molecule has 0 aromatic heterocycles. The average molecular weight is 242 g/mol. The summed E-state index contributed by atoms with van der Waals surface area (Å²) in [6.45, 7) is 0.711. The van der Waals surface area contributed by atoms with Crippen LogP contribution in [0, 0.1) is 5.92 Å². The van der Waals surface area contributed by atoms with E-state index < -0.39 is 0 Å². The van der Waals surface area contributed by atoms with Gasteiger partial charge >= 0.3 is 0 Å². The molecule has 3 atom stereocenters. The van der Waals surface area contributed by atoms with Crippen LogP contribution in [0.2, 0.25) is 0 Å². The predicted molar refractivity (Wildman–Crippen MR) is 68.4 cm³/mol. The molecule has 4 heteroatoms. The number of hydrogen-bond donors (Lipinski definition) is 2. The van der Waals surface area contributed by atoms with E-state index in [1.807, 2.05) is 0 Å². The minimum absolute atomic E-state index is 0.209. The molecule has 0 bridgehead atoms. The molecule has 3 N–H and O–H groups in total. The highest BCUT2D eigenvalue weighted by atomic mass is 32.2. The number of hydrogen-bond acceptors (Lipinski definition) is 3. The molecule has 0 radical (unpaired) electrons. The van der Waals surface area contributed by atoms with Crippen molar-refractivity contribution in [3.63, 3.8) is 0 Å². The van der Waals surface area contributed by atoms with Gasteiger partial charge in [-0.3, -0.25) is 4.79 Å². The zero-order chi connectivity index (χ0) is 11.4. The molecule has 0 spiro atoms. The molecule has 1 saturated heterocycles. The van der Waals surface area contributed by atoms with E-state index in [4.69, 9.17) is 5.73 Å². The first kappa shape index (κ1) is 12.2. The molecule has 92 valence electrons. The molecule has 0 aromatic rings. The Bertz CT molecular complexity index is 241. The molecule has 3 unspecified atom stereocenters. The number of rotatable bonds is 3. The van der Waals surface area contributed by atoms with Crippen LogP contribution < -0.4 is 11.1 Å². The molecule has 1 amide bonds. The van der Waals surface area contributed by atoms with E-state index in [1.165, 1.54) is 25.7 Å². The first-order valence-corrected chi connectivity index (χ1v) is 7.48. The maximum absolute atomic E-state index is 12.0. The fraction of sp³-hybridized carbons (Fsp3) is 0.917. The normalized spacial score (nSPS) is 34.9. The van der Waals surface area contributed by atoms with Crippen molar-refractivity contribution in [3.05, 3.63) is 0 Å². The lowest BCUT2D eigenvalue weighted by molar-refractivity contribution is -0.121. The van der Waals surface area contributed by atoms with Crippen LogP contribution in [0.1, 0.15) is 38.5 Å². The molecular weight excluding hydrogens is 220 g/mol. The van der Waals surface area contributed by atoms with Crippen LogP contribution in [0.25, 0.3) is 0 Å². The van der Waals surface area contributed by atoms with Crippen molar-refractivity contribution in [2.75, 3.05) is 12.3 Å². The van der Waals surface area contributed by atoms with Gasteiger partial charge in [0.1, 0.15) is 0 Å².